The average molecular weight is 435 g/mol. The maximum Gasteiger partial charge on any atom is 0.324 e. The number of benzene rings is 2. The van der Waals surface area contributed by atoms with Crippen LogP contribution in [0.3, 0.4) is 0 Å². The van der Waals surface area contributed by atoms with Gasteiger partial charge in [0, 0.05) is 17.6 Å². The molecule has 0 bridgehead atoms. The van der Waals surface area contributed by atoms with Crippen LogP contribution in [0.25, 0.3) is 0 Å². The number of urea groups is 1. The Hall–Kier alpha value is -1.92. The number of hydrogen-bond acceptors (Lipinski definition) is 2. The van der Waals surface area contributed by atoms with Crippen LogP contribution in [0.4, 0.5) is 14.9 Å². The van der Waals surface area contributed by atoms with Crippen LogP contribution >= 0.6 is 15.9 Å². The van der Waals surface area contributed by atoms with Gasteiger partial charge in [0.1, 0.15) is 5.82 Å². The fourth-order valence-corrected chi connectivity index (χ4v) is 3.85. The summed E-state index contributed by atoms with van der Waals surface area (Å²) < 4.78 is 15.3. The van der Waals surface area contributed by atoms with E-state index in [1.807, 2.05) is 30.3 Å². The van der Waals surface area contributed by atoms with E-state index >= 15 is 0 Å². The number of carbonyl (C=O) groups excluding carboxylic acids is 1. The molecule has 27 heavy (non-hydrogen) atoms. The van der Waals surface area contributed by atoms with Gasteiger partial charge in [0.25, 0.3) is 0 Å². The molecule has 0 spiro atoms. The van der Waals surface area contributed by atoms with Gasteiger partial charge in [-0.25, -0.2) is 9.18 Å². The minimum atomic E-state index is -0.443. The highest BCUT2D eigenvalue weighted by Crippen LogP contribution is 2.28. The van der Waals surface area contributed by atoms with Gasteiger partial charge in [-0.3, -0.25) is 4.90 Å². The Balaban J connectivity index is 1.87. The maximum atomic E-state index is 14.6. The molecular weight excluding hydrogens is 411 g/mol. The van der Waals surface area contributed by atoms with Crippen LogP contribution in [0.5, 0.6) is 0 Å². The Morgan fingerprint density at radius 1 is 1.15 bits per heavy atom. The van der Waals surface area contributed by atoms with E-state index in [1.54, 1.807) is 24.1 Å². The summed E-state index contributed by atoms with van der Waals surface area (Å²) in [5.41, 5.74) is 1.19. The first kappa shape index (κ1) is 19.8. The number of carbonyl (C=O) groups is 1. The maximum absolute atomic E-state index is 14.6. The van der Waals surface area contributed by atoms with Crippen LogP contribution in [-0.4, -0.2) is 35.2 Å². The van der Waals surface area contributed by atoms with Gasteiger partial charge in [-0.2, -0.15) is 0 Å². The number of halogens is 2. The van der Waals surface area contributed by atoms with Crippen LogP contribution < -0.4 is 4.90 Å². The van der Waals surface area contributed by atoms with Crippen molar-refractivity contribution in [3.8, 4) is 0 Å². The molecule has 1 fully saturated rings. The van der Waals surface area contributed by atoms with Gasteiger partial charge < -0.3 is 10.0 Å². The first-order valence-corrected chi connectivity index (χ1v) is 9.96. The van der Waals surface area contributed by atoms with Crippen molar-refractivity contribution in [1.82, 2.24) is 4.90 Å². The van der Waals surface area contributed by atoms with E-state index in [2.05, 4.69) is 15.9 Å². The quantitative estimate of drug-likeness (QED) is 0.739. The fourth-order valence-electron chi connectivity index (χ4n) is 3.51. The van der Waals surface area contributed by atoms with Gasteiger partial charge in [0.05, 0.1) is 18.3 Å². The number of hydrogen-bond donors (Lipinski definition) is 1. The van der Waals surface area contributed by atoms with Crippen LogP contribution in [0.15, 0.2) is 53.0 Å². The lowest BCUT2D eigenvalue weighted by molar-refractivity contribution is 0.0930. The number of amides is 2. The van der Waals surface area contributed by atoms with Crippen LogP contribution in [0.2, 0.25) is 0 Å². The van der Waals surface area contributed by atoms with Crippen LogP contribution in [-0.2, 0) is 6.54 Å². The SMILES string of the molecule is CN(C(=O)N(Cc1ccccc1)c1ccc(Br)cc1F)[C@H]1CC[C@@H](O)CC1. The van der Waals surface area contributed by atoms with E-state index in [4.69, 9.17) is 0 Å². The van der Waals surface area contributed by atoms with Crippen molar-refractivity contribution in [2.24, 2.45) is 0 Å². The Morgan fingerprint density at radius 3 is 2.44 bits per heavy atom. The molecule has 0 aliphatic heterocycles. The molecule has 0 saturated heterocycles. The monoisotopic (exact) mass is 434 g/mol. The van der Waals surface area contributed by atoms with Crippen molar-refractivity contribution >= 4 is 27.6 Å². The van der Waals surface area contributed by atoms with Gasteiger partial charge in [-0.05, 0) is 49.4 Å². The molecule has 0 aromatic heterocycles. The minimum absolute atomic E-state index is 0.0534. The van der Waals surface area contributed by atoms with E-state index < -0.39 is 5.82 Å². The molecule has 1 N–H and O–H groups in total. The standard InChI is InChI=1S/C21H24BrFN2O2/c1-24(17-8-10-18(26)11-9-17)21(27)25(14-15-5-3-2-4-6-15)20-12-7-16(22)13-19(20)23/h2-7,12-13,17-18,26H,8-11,14H2,1H3/t17-,18+. The molecule has 3 rings (SSSR count). The summed E-state index contributed by atoms with van der Waals surface area (Å²) in [6.45, 7) is 0.290. The third-order valence-corrected chi connectivity index (χ3v) is 5.62. The Labute approximate surface area is 167 Å². The zero-order valence-electron chi connectivity index (χ0n) is 15.3. The second-order valence-corrected chi connectivity index (χ2v) is 7.94. The van der Waals surface area contributed by atoms with Gasteiger partial charge in [0.2, 0.25) is 0 Å². The Kier molecular flexibility index (Phi) is 6.50. The number of nitrogens with zero attached hydrogens (tertiary/aromatic N) is 2. The number of anilines is 1. The highest BCUT2D eigenvalue weighted by molar-refractivity contribution is 9.10. The molecule has 0 radical (unpaired) electrons. The van der Waals surface area contributed by atoms with Crippen molar-refractivity contribution < 1.29 is 14.3 Å². The third kappa shape index (κ3) is 4.87. The largest absolute Gasteiger partial charge is 0.393 e. The Bertz CT molecular complexity index is 779. The first-order valence-electron chi connectivity index (χ1n) is 9.17. The summed E-state index contributed by atoms with van der Waals surface area (Å²) in [7, 11) is 1.76. The molecule has 144 valence electrons. The number of aliphatic hydroxyl groups is 1. The summed E-state index contributed by atoms with van der Waals surface area (Å²) in [5.74, 6) is -0.443. The molecular formula is C21H24BrFN2O2. The normalized spacial score (nSPS) is 19.6. The second kappa shape index (κ2) is 8.85. The summed E-state index contributed by atoms with van der Waals surface area (Å²) in [6, 6.07) is 14.1. The van der Waals surface area contributed by atoms with Gasteiger partial charge in [-0.1, -0.05) is 46.3 Å². The molecule has 0 heterocycles. The van der Waals surface area contributed by atoms with Gasteiger partial charge >= 0.3 is 6.03 Å². The molecule has 0 atom stereocenters. The molecule has 4 nitrogen and oxygen atoms in total. The van der Waals surface area contributed by atoms with Gasteiger partial charge in [-0.15, -0.1) is 0 Å². The zero-order valence-corrected chi connectivity index (χ0v) is 16.9. The average Bonchev–Trinajstić information content (AvgIpc) is 2.67. The molecule has 1 saturated carbocycles. The molecule has 0 unspecified atom stereocenters. The topological polar surface area (TPSA) is 43.8 Å². The highest BCUT2D eigenvalue weighted by atomic mass is 79.9. The van der Waals surface area contributed by atoms with Gasteiger partial charge in [0.15, 0.2) is 0 Å². The molecule has 1 aliphatic rings. The van der Waals surface area contributed by atoms with Crippen LogP contribution in [0.1, 0.15) is 31.2 Å². The zero-order chi connectivity index (χ0) is 19.4. The van der Waals surface area contributed by atoms with Crippen molar-refractivity contribution in [1.29, 1.82) is 0 Å². The molecule has 6 heteroatoms. The molecule has 2 aromatic carbocycles. The van der Waals surface area contributed by atoms with Crippen LogP contribution in [0, 0.1) is 5.82 Å². The number of rotatable bonds is 4. The molecule has 1 aliphatic carbocycles. The third-order valence-electron chi connectivity index (χ3n) is 5.13. The molecule has 2 amide bonds. The smallest absolute Gasteiger partial charge is 0.324 e. The lowest BCUT2D eigenvalue weighted by Crippen LogP contribution is -2.47. The minimum Gasteiger partial charge on any atom is -0.393 e. The summed E-state index contributed by atoms with van der Waals surface area (Å²) in [4.78, 5) is 16.5. The summed E-state index contributed by atoms with van der Waals surface area (Å²) in [6.07, 6.45) is 2.60. The predicted octanol–water partition coefficient (Wildman–Crippen LogP) is 4.95. The van der Waals surface area contributed by atoms with E-state index in [0.29, 0.717) is 17.3 Å². The first-order chi connectivity index (χ1) is 13.0. The van der Waals surface area contributed by atoms with E-state index in [-0.39, 0.29) is 30.4 Å². The van der Waals surface area contributed by atoms with E-state index in [9.17, 15) is 14.3 Å². The van der Waals surface area contributed by atoms with Crippen molar-refractivity contribution in [2.45, 2.75) is 44.4 Å². The lowest BCUT2D eigenvalue weighted by Gasteiger charge is -2.36. The summed E-state index contributed by atoms with van der Waals surface area (Å²) >= 11 is 3.27. The van der Waals surface area contributed by atoms with E-state index in [1.165, 1.54) is 11.0 Å². The van der Waals surface area contributed by atoms with Crippen molar-refractivity contribution in [2.75, 3.05) is 11.9 Å². The molecule has 2 aromatic rings. The van der Waals surface area contributed by atoms with Crippen molar-refractivity contribution in [3.05, 3.63) is 64.4 Å². The predicted molar refractivity (Wildman–Crippen MR) is 108 cm³/mol. The van der Waals surface area contributed by atoms with E-state index in [0.717, 1.165) is 18.4 Å². The Morgan fingerprint density at radius 2 is 1.81 bits per heavy atom. The second-order valence-electron chi connectivity index (χ2n) is 7.02. The number of aliphatic hydroxyl groups excluding tert-OH is 1. The summed E-state index contributed by atoms with van der Waals surface area (Å²) in [5, 5.41) is 9.72. The highest BCUT2D eigenvalue weighted by Gasteiger charge is 2.30. The lowest BCUT2D eigenvalue weighted by atomic mass is 9.92. The van der Waals surface area contributed by atoms with Crippen molar-refractivity contribution in [3.63, 3.8) is 0 Å². The fraction of sp³-hybridized carbons (Fsp3) is 0.381.